The summed E-state index contributed by atoms with van der Waals surface area (Å²) in [5.41, 5.74) is -0.900. The molecule has 1 aliphatic rings. The molecule has 0 saturated heterocycles. The smallest absolute Gasteiger partial charge is 0.246 e. The average Bonchev–Trinajstić information content (AvgIpc) is 2.86. The maximum Gasteiger partial charge on any atom is 0.246 e. The summed E-state index contributed by atoms with van der Waals surface area (Å²) >= 11 is 0. The van der Waals surface area contributed by atoms with Crippen LogP contribution in [-0.4, -0.2) is 48.6 Å². The molecule has 0 aromatic carbocycles. The van der Waals surface area contributed by atoms with Crippen LogP contribution in [0.25, 0.3) is 0 Å². The number of aromatic nitrogens is 1. The predicted octanol–water partition coefficient (Wildman–Crippen LogP) is 1.44. The van der Waals surface area contributed by atoms with Crippen molar-refractivity contribution in [2.45, 2.75) is 43.1 Å². The Morgan fingerprint density at radius 2 is 2.10 bits per heavy atom. The van der Waals surface area contributed by atoms with Crippen molar-refractivity contribution in [2.24, 2.45) is 0 Å². The number of likely N-dealkylation sites (N-methyl/N-ethyl adjacent to an activating group) is 1. The van der Waals surface area contributed by atoms with Gasteiger partial charge in [0.1, 0.15) is 10.7 Å². The van der Waals surface area contributed by atoms with E-state index in [0.717, 1.165) is 12.8 Å². The molecule has 2 N–H and O–H groups in total. The number of rotatable bonds is 6. The van der Waals surface area contributed by atoms with Gasteiger partial charge < -0.3 is 10.4 Å². The summed E-state index contributed by atoms with van der Waals surface area (Å²) in [5.74, 6) is 0.352. The molecule has 0 bridgehead atoms. The van der Waals surface area contributed by atoms with Crippen molar-refractivity contribution in [1.82, 2.24) is 9.29 Å². The molecule has 21 heavy (non-hydrogen) atoms. The van der Waals surface area contributed by atoms with Gasteiger partial charge in [0, 0.05) is 26.3 Å². The van der Waals surface area contributed by atoms with Crippen LogP contribution < -0.4 is 5.32 Å². The third-order valence-corrected chi connectivity index (χ3v) is 5.69. The zero-order valence-electron chi connectivity index (χ0n) is 12.5. The first kappa shape index (κ1) is 16.2. The molecule has 0 aliphatic heterocycles. The lowest BCUT2D eigenvalue weighted by Crippen LogP contribution is -2.42. The summed E-state index contributed by atoms with van der Waals surface area (Å²) in [6, 6.07) is 3.14. The van der Waals surface area contributed by atoms with E-state index >= 15 is 0 Å². The second-order valence-electron chi connectivity index (χ2n) is 5.57. The minimum Gasteiger partial charge on any atom is -0.389 e. The number of hydrogen-bond donors (Lipinski definition) is 2. The number of hydrogen-bond acceptors (Lipinski definition) is 5. The molecule has 0 unspecified atom stereocenters. The molecule has 1 aromatic heterocycles. The second kappa shape index (κ2) is 6.29. The fraction of sp³-hybridized carbons (Fsp3) is 0.643. The third-order valence-electron chi connectivity index (χ3n) is 3.85. The van der Waals surface area contributed by atoms with Crippen molar-refractivity contribution >= 4 is 15.8 Å². The Kier molecular flexibility index (Phi) is 4.85. The Morgan fingerprint density at radius 3 is 2.71 bits per heavy atom. The highest BCUT2D eigenvalue weighted by molar-refractivity contribution is 7.89. The predicted molar refractivity (Wildman–Crippen MR) is 81.6 cm³/mol. The summed E-state index contributed by atoms with van der Waals surface area (Å²) in [6.07, 6.45) is 4.75. The van der Waals surface area contributed by atoms with Gasteiger partial charge in [-0.2, -0.15) is 4.31 Å². The van der Waals surface area contributed by atoms with Crippen LogP contribution in [0.5, 0.6) is 0 Å². The van der Waals surface area contributed by atoms with Crippen molar-refractivity contribution in [3.63, 3.8) is 0 Å². The quantitative estimate of drug-likeness (QED) is 0.830. The maximum absolute atomic E-state index is 12.7. The lowest BCUT2D eigenvalue weighted by molar-refractivity contribution is 0.0333. The van der Waals surface area contributed by atoms with E-state index in [9.17, 15) is 13.5 Å². The first-order chi connectivity index (χ1) is 9.89. The van der Waals surface area contributed by atoms with Crippen molar-refractivity contribution in [2.75, 3.05) is 25.5 Å². The molecule has 2 rings (SSSR count). The van der Waals surface area contributed by atoms with Gasteiger partial charge in [0.15, 0.2) is 0 Å². The number of pyridine rings is 1. The summed E-state index contributed by atoms with van der Waals surface area (Å²) in [7, 11) is -2.16. The largest absolute Gasteiger partial charge is 0.389 e. The van der Waals surface area contributed by atoms with Gasteiger partial charge >= 0.3 is 0 Å². The van der Waals surface area contributed by atoms with Gasteiger partial charge in [-0.05, 0) is 31.9 Å². The first-order valence-electron chi connectivity index (χ1n) is 7.27. The van der Waals surface area contributed by atoms with Gasteiger partial charge in [-0.25, -0.2) is 13.4 Å². The van der Waals surface area contributed by atoms with Gasteiger partial charge in [0.25, 0.3) is 0 Å². The minimum atomic E-state index is -3.67. The SMILES string of the molecule is CCNc1ncccc1S(=O)(=O)N(C)CC1(O)CCCC1. The van der Waals surface area contributed by atoms with Gasteiger partial charge in [-0.1, -0.05) is 12.8 Å². The van der Waals surface area contributed by atoms with Crippen LogP contribution in [0.2, 0.25) is 0 Å². The molecule has 1 saturated carbocycles. The van der Waals surface area contributed by atoms with Crippen LogP contribution in [0, 0.1) is 0 Å². The fourth-order valence-electron chi connectivity index (χ4n) is 2.76. The van der Waals surface area contributed by atoms with Crippen molar-refractivity contribution < 1.29 is 13.5 Å². The summed E-state index contributed by atoms with van der Waals surface area (Å²) in [5, 5.41) is 13.4. The number of aliphatic hydroxyl groups is 1. The monoisotopic (exact) mass is 313 g/mol. The van der Waals surface area contributed by atoms with Crippen LogP contribution in [0.3, 0.4) is 0 Å². The summed E-state index contributed by atoms with van der Waals surface area (Å²) < 4.78 is 26.6. The molecule has 6 nitrogen and oxygen atoms in total. The molecule has 1 aliphatic carbocycles. The molecule has 1 aromatic rings. The van der Waals surface area contributed by atoms with E-state index in [1.807, 2.05) is 6.92 Å². The lowest BCUT2D eigenvalue weighted by Gasteiger charge is -2.28. The van der Waals surface area contributed by atoms with Crippen molar-refractivity contribution in [3.8, 4) is 0 Å². The zero-order valence-corrected chi connectivity index (χ0v) is 13.4. The van der Waals surface area contributed by atoms with Crippen LogP contribution in [-0.2, 0) is 10.0 Å². The topological polar surface area (TPSA) is 82.5 Å². The van der Waals surface area contributed by atoms with Crippen LogP contribution >= 0.6 is 0 Å². The molecule has 1 heterocycles. The number of sulfonamides is 1. The van der Waals surface area contributed by atoms with Gasteiger partial charge in [-0.3, -0.25) is 0 Å². The van der Waals surface area contributed by atoms with E-state index in [0.29, 0.717) is 25.2 Å². The maximum atomic E-state index is 12.7. The standard InChI is InChI=1S/C14H23N3O3S/c1-3-15-13-12(7-6-10-16-13)21(19,20)17(2)11-14(18)8-4-5-9-14/h6-7,10,18H,3-5,8-9,11H2,1-2H3,(H,15,16). The van der Waals surface area contributed by atoms with E-state index in [1.165, 1.54) is 17.4 Å². The Bertz CT molecular complexity index is 583. The molecule has 1 fully saturated rings. The van der Waals surface area contributed by atoms with Crippen LogP contribution in [0.1, 0.15) is 32.6 Å². The number of nitrogens with zero attached hydrogens (tertiary/aromatic N) is 2. The van der Waals surface area contributed by atoms with Crippen molar-refractivity contribution in [3.05, 3.63) is 18.3 Å². The Hall–Kier alpha value is -1.18. The average molecular weight is 313 g/mol. The zero-order chi connectivity index (χ0) is 15.5. The minimum absolute atomic E-state index is 0.121. The van der Waals surface area contributed by atoms with Gasteiger partial charge in [0.05, 0.1) is 5.60 Å². The Labute approximate surface area is 126 Å². The van der Waals surface area contributed by atoms with E-state index in [4.69, 9.17) is 0 Å². The van der Waals surface area contributed by atoms with Gasteiger partial charge in [0.2, 0.25) is 10.0 Å². The van der Waals surface area contributed by atoms with E-state index in [2.05, 4.69) is 10.3 Å². The second-order valence-corrected chi connectivity index (χ2v) is 7.59. The molecule has 0 spiro atoms. The Balaban J connectivity index is 2.25. The lowest BCUT2D eigenvalue weighted by atomic mass is 10.0. The van der Waals surface area contributed by atoms with E-state index < -0.39 is 15.6 Å². The molecule has 0 radical (unpaired) electrons. The molecular weight excluding hydrogens is 290 g/mol. The third kappa shape index (κ3) is 3.53. The summed E-state index contributed by atoms with van der Waals surface area (Å²) in [6.45, 7) is 2.60. The highest BCUT2D eigenvalue weighted by Crippen LogP contribution is 2.32. The van der Waals surface area contributed by atoms with Crippen LogP contribution in [0.4, 0.5) is 5.82 Å². The fourth-order valence-corrected chi connectivity index (χ4v) is 4.12. The van der Waals surface area contributed by atoms with Crippen molar-refractivity contribution in [1.29, 1.82) is 0 Å². The van der Waals surface area contributed by atoms with E-state index in [1.54, 1.807) is 12.3 Å². The first-order valence-corrected chi connectivity index (χ1v) is 8.71. The van der Waals surface area contributed by atoms with Gasteiger partial charge in [-0.15, -0.1) is 0 Å². The molecule has 0 amide bonds. The molecule has 118 valence electrons. The van der Waals surface area contributed by atoms with E-state index in [-0.39, 0.29) is 11.4 Å². The Morgan fingerprint density at radius 1 is 1.43 bits per heavy atom. The highest BCUT2D eigenvalue weighted by atomic mass is 32.2. The number of nitrogens with one attached hydrogen (secondary N) is 1. The number of anilines is 1. The normalized spacial score (nSPS) is 18.1. The van der Waals surface area contributed by atoms with Crippen LogP contribution in [0.15, 0.2) is 23.2 Å². The highest BCUT2D eigenvalue weighted by Gasteiger charge is 2.36. The molecular formula is C14H23N3O3S. The molecule has 0 atom stereocenters. The molecule has 7 heteroatoms. The summed E-state index contributed by atoms with van der Waals surface area (Å²) in [4.78, 5) is 4.24.